The van der Waals surface area contributed by atoms with E-state index in [4.69, 9.17) is 9.47 Å². The number of amides is 1. The van der Waals surface area contributed by atoms with Crippen molar-refractivity contribution in [3.8, 4) is 23.6 Å². The average Bonchev–Trinajstić information content (AvgIpc) is 2.95. The molecular formula is C29H25BrN4O3. The third-order valence-corrected chi connectivity index (χ3v) is 6.83. The third kappa shape index (κ3) is 6.11. The Labute approximate surface area is 224 Å². The van der Waals surface area contributed by atoms with Gasteiger partial charge in [0.15, 0.2) is 11.5 Å². The summed E-state index contributed by atoms with van der Waals surface area (Å²) in [5.74, 6) is 0.626. The molecule has 3 aromatic carbocycles. The van der Waals surface area contributed by atoms with Crippen molar-refractivity contribution in [2.45, 2.75) is 6.61 Å². The predicted molar refractivity (Wildman–Crippen MR) is 145 cm³/mol. The molecule has 7 nitrogen and oxygen atoms in total. The molecule has 0 unspecified atom stereocenters. The highest BCUT2D eigenvalue weighted by Gasteiger charge is 2.24. The van der Waals surface area contributed by atoms with Gasteiger partial charge in [-0.1, -0.05) is 52.3 Å². The summed E-state index contributed by atoms with van der Waals surface area (Å²) in [7, 11) is 1.52. The van der Waals surface area contributed by atoms with Gasteiger partial charge >= 0.3 is 0 Å². The molecule has 0 radical (unpaired) electrons. The Bertz CT molecular complexity index is 1380. The van der Waals surface area contributed by atoms with Gasteiger partial charge in [-0.15, -0.1) is 0 Å². The van der Waals surface area contributed by atoms with E-state index in [1.807, 2.05) is 30.3 Å². The first-order valence-electron chi connectivity index (χ1n) is 11.7. The van der Waals surface area contributed by atoms with Gasteiger partial charge in [-0.3, -0.25) is 4.79 Å². The van der Waals surface area contributed by atoms with Crippen LogP contribution in [0.2, 0.25) is 0 Å². The normalized spacial score (nSPS) is 13.5. The van der Waals surface area contributed by atoms with Gasteiger partial charge in [0.05, 0.1) is 18.7 Å². The number of ether oxygens (including phenoxy) is 2. The Morgan fingerprint density at radius 1 is 1.00 bits per heavy atom. The number of piperazine rings is 1. The number of anilines is 1. The standard InChI is InChI=1S/C29H25BrN4O3/c1-36-27-16-23(26(30)17-28(27)37-20-22-8-6-5-7-21(22)18-31)15-24(19-32)29(35)34-13-11-33(12-14-34)25-9-3-2-4-10-25/h2-10,15-17H,11-14,20H2,1H3/b24-15-. The minimum Gasteiger partial charge on any atom is -0.493 e. The van der Waals surface area contributed by atoms with Crippen molar-refractivity contribution < 1.29 is 14.3 Å². The largest absolute Gasteiger partial charge is 0.493 e. The minimum absolute atomic E-state index is 0.0486. The van der Waals surface area contributed by atoms with Crippen LogP contribution >= 0.6 is 15.9 Å². The molecule has 0 aliphatic carbocycles. The van der Waals surface area contributed by atoms with E-state index in [0.29, 0.717) is 53.3 Å². The van der Waals surface area contributed by atoms with Crippen LogP contribution in [0.1, 0.15) is 16.7 Å². The van der Waals surface area contributed by atoms with Crippen LogP contribution in [-0.4, -0.2) is 44.1 Å². The molecule has 1 fully saturated rings. The van der Waals surface area contributed by atoms with Gasteiger partial charge in [0, 0.05) is 41.9 Å². The highest BCUT2D eigenvalue weighted by Crippen LogP contribution is 2.35. The number of nitrogens with zero attached hydrogens (tertiary/aromatic N) is 4. The molecule has 8 heteroatoms. The van der Waals surface area contributed by atoms with Gasteiger partial charge in [0.25, 0.3) is 5.91 Å². The van der Waals surface area contributed by atoms with E-state index in [2.05, 4.69) is 45.1 Å². The van der Waals surface area contributed by atoms with E-state index in [9.17, 15) is 15.3 Å². The molecule has 186 valence electrons. The fourth-order valence-corrected chi connectivity index (χ4v) is 4.56. The summed E-state index contributed by atoms with van der Waals surface area (Å²) in [5, 5.41) is 19.1. The second-order valence-electron chi connectivity index (χ2n) is 8.37. The zero-order valence-corrected chi connectivity index (χ0v) is 21.9. The number of carbonyl (C=O) groups excluding carboxylic acids is 1. The van der Waals surface area contributed by atoms with E-state index in [1.54, 1.807) is 35.2 Å². The molecular weight excluding hydrogens is 532 g/mol. The fourth-order valence-electron chi connectivity index (χ4n) is 4.12. The monoisotopic (exact) mass is 556 g/mol. The fraction of sp³-hybridized carbons (Fsp3) is 0.207. The Morgan fingerprint density at radius 2 is 1.70 bits per heavy atom. The molecule has 1 amide bonds. The van der Waals surface area contributed by atoms with Crippen LogP contribution in [0, 0.1) is 22.7 Å². The SMILES string of the molecule is COc1cc(/C=C(/C#N)C(=O)N2CCN(c3ccccc3)CC2)c(Br)cc1OCc1ccccc1C#N. The maximum atomic E-state index is 13.1. The summed E-state index contributed by atoms with van der Waals surface area (Å²) in [5.41, 5.74) is 3.10. The molecule has 0 saturated carbocycles. The lowest BCUT2D eigenvalue weighted by Gasteiger charge is -2.36. The molecule has 1 aliphatic heterocycles. The minimum atomic E-state index is -0.297. The molecule has 0 aromatic heterocycles. The smallest absolute Gasteiger partial charge is 0.264 e. The van der Waals surface area contributed by atoms with Crippen LogP contribution in [0.3, 0.4) is 0 Å². The Kier molecular flexibility index (Phi) is 8.45. The summed E-state index contributed by atoms with van der Waals surface area (Å²) >= 11 is 3.53. The van der Waals surface area contributed by atoms with Gasteiger partial charge in [-0.2, -0.15) is 10.5 Å². The van der Waals surface area contributed by atoms with Gasteiger partial charge in [-0.05, 0) is 42.0 Å². The van der Waals surface area contributed by atoms with Crippen LogP contribution in [0.4, 0.5) is 5.69 Å². The summed E-state index contributed by atoms with van der Waals surface area (Å²) in [6.45, 7) is 2.67. The molecule has 0 bridgehead atoms. The lowest BCUT2D eigenvalue weighted by Crippen LogP contribution is -2.49. The van der Waals surface area contributed by atoms with Crippen molar-refractivity contribution in [3.63, 3.8) is 0 Å². The van der Waals surface area contributed by atoms with Crippen LogP contribution in [0.5, 0.6) is 11.5 Å². The van der Waals surface area contributed by atoms with Crippen LogP contribution in [-0.2, 0) is 11.4 Å². The van der Waals surface area contributed by atoms with Crippen LogP contribution in [0.15, 0.2) is 76.8 Å². The third-order valence-electron chi connectivity index (χ3n) is 6.14. The van der Waals surface area contributed by atoms with Crippen molar-refractivity contribution in [2.24, 2.45) is 0 Å². The first kappa shape index (κ1) is 25.8. The number of benzene rings is 3. The van der Waals surface area contributed by atoms with Gasteiger partial charge < -0.3 is 19.3 Å². The zero-order valence-electron chi connectivity index (χ0n) is 20.4. The Hall–Kier alpha value is -4.27. The zero-order chi connectivity index (χ0) is 26.2. The molecule has 0 spiro atoms. The van der Waals surface area contributed by atoms with E-state index >= 15 is 0 Å². The highest BCUT2D eigenvalue weighted by atomic mass is 79.9. The van der Waals surface area contributed by atoms with Crippen molar-refractivity contribution in [2.75, 3.05) is 38.2 Å². The number of rotatable bonds is 7. The first-order valence-corrected chi connectivity index (χ1v) is 12.5. The van der Waals surface area contributed by atoms with Crippen LogP contribution < -0.4 is 14.4 Å². The molecule has 37 heavy (non-hydrogen) atoms. The molecule has 1 aliphatic rings. The second-order valence-corrected chi connectivity index (χ2v) is 9.22. The average molecular weight is 557 g/mol. The molecule has 3 aromatic rings. The summed E-state index contributed by atoms with van der Waals surface area (Å²) < 4.78 is 12.1. The van der Waals surface area contributed by atoms with E-state index in [-0.39, 0.29) is 18.1 Å². The maximum Gasteiger partial charge on any atom is 0.264 e. The molecule has 1 heterocycles. The number of para-hydroxylation sites is 1. The number of hydrogen-bond donors (Lipinski definition) is 0. The molecule has 0 atom stereocenters. The number of nitriles is 2. The topological polar surface area (TPSA) is 89.6 Å². The van der Waals surface area contributed by atoms with Crippen molar-refractivity contribution in [1.82, 2.24) is 4.90 Å². The maximum absolute atomic E-state index is 13.1. The van der Waals surface area contributed by atoms with E-state index < -0.39 is 0 Å². The first-order chi connectivity index (χ1) is 18.0. The van der Waals surface area contributed by atoms with Crippen molar-refractivity contribution in [3.05, 3.63) is 93.5 Å². The number of hydrogen-bond acceptors (Lipinski definition) is 6. The summed E-state index contributed by atoms with van der Waals surface area (Å²) in [6.07, 6.45) is 1.56. The number of halogens is 1. The Balaban J connectivity index is 1.48. The Morgan fingerprint density at radius 3 is 2.38 bits per heavy atom. The van der Waals surface area contributed by atoms with E-state index in [1.165, 1.54) is 7.11 Å². The van der Waals surface area contributed by atoms with Crippen molar-refractivity contribution >= 4 is 33.6 Å². The number of methoxy groups -OCH3 is 1. The molecule has 0 N–H and O–H groups in total. The lowest BCUT2D eigenvalue weighted by atomic mass is 10.1. The predicted octanol–water partition coefficient (Wildman–Crippen LogP) is 5.16. The second kappa shape index (κ2) is 12.1. The summed E-state index contributed by atoms with van der Waals surface area (Å²) in [4.78, 5) is 17.1. The van der Waals surface area contributed by atoms with Crippen molar-refractivity contribution in [1.29, 1.82) is 10.5 Å². The quantitative estimate of drug-likeness (QED) is 0.295. The summed E-state index contributed by atoms with van der Waals surface area (Å²) in [6, 6.07) is 25.0. The van der Waals surface area contributed by atoms with Gasteiger partial charge in [0.1, 0.15) is 18.2 Å². The van der Waals surface area contributed by atoms with Crippen LogP contribution in [0.25, 0.3) is 6.08 Å². The number of carbonyl (C=O) groups is 1. The molecule has 4 rings (SSSR count). The van der Waals surface area contributed by atoms with E-state index in [0.717, 1.165) is 11.3 Å². The lowest BCUT2D eigenvalue weighted by molar-refractivity contribution is -0.126. The van der Waals surface area contributed by atoms with Gasteiger partial charge in [-0.25, -0.2) is 0 Å². The highest BCUT2D eigenvalue weighted by molar-refractivity contribution is 9.10. The van der Waals surface area contributed by atoms with Gasteiger partial charge in [0.2, 0.25) is 0 Å². The molecule has 1 saturated heterocycles.